The van der Waals surface area contributed by atoms with E-state index in [0.29, 0.717) is 17.0 Å². The van der Waals surface area contributed by atoms with Crippen molar-refractivity contribution in [2.75, 3.05) is 19.0 Å². The minimum atomic E-state index is -0.451. The Bertz CT molecular complexity index is 768. The summed E-state index contributed by atoms with van der Waals surface area (Å²) in [4.78, 5) is 23.5. The zero-order valence-corrected chi connectivity index (χ0v) is 14.3. The van der Waals surface area contributed by atoms with Gasteiger partial charge in [-0.1, -0.05) is 12.1 Å². The van der Waals surface area contributed by atoms with Gasteiger partial charge in [0.1, 0.15) is 5.75 Å². The molecule has 0 aromatic heterocycles. The Morgan fingerprint density at radius 1 is 1.00 bits per heavy atom. The second-order valence-corrected chi connectivity index (χ2v) is 5.61. The fraction of sp³-hybridized carbons (Fsp3) is 0.263. The van der Waals surface area contributed by atoms with Crippen molar-refractivity contribution >= 4 is 17.6 Å². The topological polar surface area (TPSA) is 64.6 Å². The highest BCUT2D eigenvalue weighted by Gasteiger charge is 2.09. The largest absolute Gasteiger partial charge is 0.483 e. The number of hydrogen-bond acceptors (Lipinski definition) is 4. The molecule has 2 aromatic rings. The van der Waals surface area contributed by atoms with Crippen LogP contribution in [0.25, 0.3) is 0 Å². The maximum Gasteiger partial charge on any atom is 0.337 e. The molecule has 0 spiro atoms. The van der Waals surface area contributed by atoms with Crippen molar-refractivity contribution in [3.63, 3.8) is 0 Å². The second-order valence-electron chi connectivity index (χ2n) is 5.61. The van der Waals surface area contributed by atoms with Gasteiger partial charge in [0.2, 0.25) is 0 Å². The number of ether oxygens (including phenoxy) is 2. The van der Waals surface area contributed by atoms with Crippen molar-refractivity contribution in [1.29, 1.82) is 0 Å². The van der Waals surface area contributed by atoms with Crippen molar-refractivity contribution in [2.24, 2.45) is 0 Å². The Kier molecular flexibility index (Phi) is 5.58. The predicted molar refractivity (Wildman–Crippen MR) is 92.6 cm³/mol. The number of nitrogens with one attached hydrogen (secondary N) is 1. The summed E-state index contributed by atoms with van der Waals surface area (Å²) >= 11 is 0. The van der Waals surface area contributed by atoms with E-state index in [0.717, 1.165) is 11.1 Å². The lowest BCUT2D eigenvalue weighted by molar-refractivity contribution is -0.118. The average Bonchev–Trinajstić information content (AvgIpc) is 2.56. The standard InChI is InChI=1S/C19H21NO4/c1-12-8-14(3)17(9-13(12)2)24-11-18(21)20-16-7-5-6-15(10-16)19(22)23-4/h5-10H,11H2,1-4H3,(H,20,21). The average molecular weight is 327 g/mol. The van der Waals surface area contributed by atoms with E-state index in [9.17, 15) is 9.59 Å². The summed E-state index contributed by atoms with van der Waals surface area (Å²) in [5.74, 6) is -0.0562. The summed E-state index contributed by atoms with van der Waals surface area (Å²) < 4.78 is 10.3. The highest BCUT2D eigenvalue weighted by molar-refractivity contribution is 5.95. The summed E-state index contributed by atoms with van der Waals surface area (Å²) in [6.45, 7) is 5.87. The molecule has 5 heteroatoms. The molecule has 0 aliphatic carbocycles. The number of rotatable bonds is 5. The number of anilines is 1. The van der Waals surface area contributed by atoms with Crippen LogP contribution in [0.4, 0.5) is 5.69 Å². The molecule has 0 aliphatic heterocycles. The molecule has 0 saturated heterocycles. The predicted octanol–water partition coefficient (Wildman–Crippen LogP) is 3.42. The summed E-state index contributed by atoms with van der Waals surface area (Å²) in [7, 11) is 1.31. The van der Waals surface area contributed by atoms with Crippen LogP contribution in [0.1, 0.15) is 27.0 Å². The van der Waals surface area contributed by atoms with Gasteiger partial charge in [0.15, 0.2) is 6.61 Å². The van der Waals surface area contributed by atoms with E-state index >= 15 is 0 Å². The molecule has 0 bridgehead atoms. The molecule has 0 saturated carbocycles. The smallest absolute Gasteiger partial charge is 0.337 e. The second kappa shape index (κ2) is 7.64. The number of esters is 1. The van der Waals surface area contributed by atoms with Crippen molar-refractivity contribution in [3.05, 3.63) is 58.7 Å². The minimum Gasteiger partial charge on any atom is -0.483 e. The first kappa shape index (κ1) is 17.5. The van der Waals surface area contributed by atoms with Gasteiger partial charge in [0.05, 0.1) is 12.7 Å². The molecule has 2 rings (SSSR count). The number of carbonyl (C=O) groups is 2. The van der Waals surface area contributed by atoms with Gasteiger partial charge in [-0.15, -0.1) is 0 Å². The first-order chi connectivity index (χ1) is 11.4. The monoisotopic (exact) mass is 327 g/mol. The zero-order valence-electron chi connectivity index (χ0n) is 14.3. The molecule has 0 heterocycles. The van der Waals surface area contributed by atoms with E-state index in [4.69, 9.17) is 4.74 Å². The van der Waals surface area contributed by atoms with E-state index < -0.39 is 5.97 Å². The Balaban J connectivity index is 1.99. The molecule has 0 aliphatic rings. The van der Waals surface area contributed by atoms with Gasteiger partial charge in [-0.3, -0.25) is 4.79 Å². The molecular formula is C19H21NO4. The number of amides is 1. The normalized spacial score (nSPS) is 10.2. The van der Waals surface area contributed by atoms with Crippen LogP contribution in [0.5, 0.6) is 5.75 Å². The third-order valence-corrected chi connectivity index (χ3v) is 3.72. The molecule has 126 valence electrons. The Labute approximate surface area is 141 Å². The highest BCUT2D eigenvalue weighted by Crippen LogP contribution is 2.22. The summed E-state index contributed by atoms with van der Waals surface area (Å²) in [5, 5.41) is 2.71. The third-order valence-electron chi connectivity index (χ3n) is 3.72. The van der Waals surface area contributed by atoms with Crippen LogP contribution in [0, 0.1) is 20.8 Å². The molecule has 5 nitrogen and oxygen atoms in total. The van der Waals surface area contributed by atoms with Crippen LogP contribution in [0.2, 0.25) is 0 Å². The Hall–Kier alpha value is -2.82. The summed E-state index contributed by atoms with van der Waals surface area (Å²) in [5.41, 5.74) is 4.17. The van der Waals surface area contributed by atoms with Crippen molar-refractivity contribution in [2.45, 2.75) is 20.8 Å². The van der Waals surface area contributed by atoms with Crippen molar-refractivity contribution < 1.29 is 19.1 Å². The van der Waals surface area contributed by atoms with E-state index in [1.165, 1.54) is 12.7 Å². The number of benzene rings is 2. The van der Waals surface area contributed by atoms with Gasteiger partial charge in [0.25, 0.3) is 5.91 Å². The molecule has 1 N–H and O–H groups in total. The van der Waals surface area contributed by atoms with E-state index in [-0.39, 0.29) is 12.5 Å². The molecule has 0 unspecified atom stereocenters. The van der Waals surface area contributed by atoms with Crippen LogP contribution < -0.4 is 10.1 Å². The number of carbonyl (C=O) groups excluding carboxylic acids is 2. The fourth-order valence-electron chi connectivity index (χ4n) is 2.27. The molecule has 0 atom stereocenters. The van der Waals surface area contributed by atoms with Crippen LogP contribution >= 0.6 is 0 Å². The van der Waals surface area contributed by atoms with Crippen molar-refractivity contribution in [3.8, 4) is 5.75 Å². The number of methoxy groups -OCH3 is 1. The summed E-state index contributed by atoms with van der Waals surface area (Å²) in [6, 6.07) is 10.5. The third kappa shape index (κ3) is 4.35. The van der Waals surface area contributed by atoms with Gasteiger partial charge >= 0.3 is 5.97 Å². The lowest BCUT2D eigenvalue weighted by Crippen LogP contribution is -2.20. The van der Waals surface area contributed by atoms with Gasteiger partial charge in [0, 0.05) is 5.69 Å². The quantitative estimate of drug-likeness (QED) is 0.855. The minimum absolute atomic E-state index is 0.105. The van der Waals surface area contributed by atoms with Crippen LogP contribution in [0.3, 0.4) is 0 Å². The molecular weight excluding hydrogens is 306 g/mol. The summed E-state index contributed by atoms with van der Waals surface area (Å²) in [6.07, 6.45) is 0. The van der Waals surface area contributed by atoms with Gasteiger partial charge in [-0.25, -0.2) is 4.79 Å². The van der Waals surface area contributed by atoms with Gasteiger partial charge < -0.3 is 14.8 Å². The first-order valence-electron chi connectivity index (χ1n) is 7.59. The molecule has 2 aromatic carbocycles. The van der Waals surface area contributed by atoms with E-state index in [2.05, 4.69) is 10.1 Å². The lowest BCUT2D eigenvalue weighted by Gasteiger charge is -2.12. The highest BCUT2D eigenvalue weighted by atomic mass is 16.5. The fourth-order valence-corrected chi connectivity index (χ4v) is 2.27. The Morgan fingerprint density at radius 2 is 1.71 bits per heavy atom. The lowest BCUT2D eigenvalue weighted by atomic mass is 10.1. The number of hydrogen-bond donors (Lipinski definition) is 1. The molecule has 24 heavy (non-hydrogen) atoms. The van der Waals surface area contributed by atoms with Gasteiger partial charge in [-0.05, 0) is 61.7 Å². The Morgan fingerprint density at radius 3 is 2.42 bits per heavy atom. The maximum absolute atomic E-state index is 12.0. The molecule has 1 amide bonds. The SMILES string of the molecule is COC(=O)c1cccc(NC(=O)COc2cc(C)c(C)cc2C)c1. The van der Waals surface area contributed by atoms with E-state index in [1.807, 2.05) is 32.9 Å². The first-order valence-corrected chi connectivity index (χ1v) is 7.59. The van der Waals surface area contributed by atoms with Crippen LogP contribution in [0.15, 0.2) is 36.4 Å². The van der Waals surface area contributed by atoms with Crippen LogP contribution in [-0.2, 0) is 9.53 Å². The van der Waals surface area contributed by atoms with E-state index in [1.54, 1.807) is 24.3 Å². The maximum atomic E-state index is 12.0. The van der Waals surface area contributed by atoms with Crippen LogP contribution in [-0.4, -0.2) is 25.6 Å². The molecule has 0 fully saturated rings. The van der Waals surface area contributed by atoms with Crippen molar-refractivity contribution in [1.82, 2.24) is 0 Å². The van der Waals surface area contributed by atoms with Gasteiger partial charge in [-0.2, -0.15) is 0 Å². The number of aryl methyl sites for hydroxylation is 3. The zero-order chi connectivity index (χ0) is 17.7. The molecule has 0 radical (unpaired) electrons.